The largest absolute Gasteiger partial charge is 0.308 e. The zero-order valence-electron chi connectivity index (χ0n) is 16.1. The van der Waals surface area contributed by atoms with Crippen LogP contribution in [-0.4, -0.2) is 38.3 Å². The van der Waals surface area contributed by atoms with Gasteiger partial charge in [-0.15, -0.1) is 0 Å². The van der Waals surface area contributed by atoms with E-state index in [0.29, 0.717) is 25.2 Å². The third kappa shape index (κ3) is 3.64. The fourth-order valence-electron chi connectivity index (χ4n) is 3.59. The topological polar surface area (TPSA) is 57.7 Å². The number of aryl methyl sites for hydroxylation is 2. The lowest BCUT2D eigenvalue weighted by Crippen LogP contribution is -2.36. The Morgan fingerprint density at radius 1 is 1.11 bits per heavy atom. The summed E-state index contributed by atoms with van der Waals surface area (Å²) < 4.78 is 27.1. The summed E-state index contributed by atoms with van der Waals surface area (Å²) in [5.74, 6) is -0.142. The molecule has 0 fully saturated rings. The molecule has 0 aromatic heterocycles. The zero-order chi connectivity index (χ0) is 19.6. The molecule has 0 saturated carbocycles. The van der Waals surface area contributed by atoms with Crippen LogP contribution in [0.25, 0.3) is 0 Å². The van der Waals surface area contributed by atoms with E-state index in [1.807, 2.05) is 45.0 Å². The standard InChI is InChI=1S/C21H26N2O3S/c1-4-22(5-2)27(25,26)18-13-12-16(3)19(15-18)21(24)23-14-8-10-17-9-6-7-11-20(17)23/h6-7,9,11-13,15H,4-5,8,10,14H2,1-3H3. The normalized spacial score (nSPS) is 14.3. The maximum atomic E-state index is 13.3. The van der Waals surface area contributed by atoms with Crippen molar-refractivity contribution < 1.29 is 13.2 Å². The first kappa shape index (κ1) is 19.6. The molecule has 5 nitrogen and oxygen atoms in total. The minimum atomic E-state index is -3.60. The average Bonchev–Trinajstić information content (AvgIpc) is 2.68. The third-order valence-electron chi connectivity index (χ3n) is 5.14. The average molecular weight is 387 g/mol. The molecule has 0 spiro atoms. The van der Waals surface area contributed by atoms with Crippen LogP contribution < -0.4 is 4.90 Å². The second kappa shape index (κ2) is 7.82. The highest BCUT2D eigenvalue weighted by Crippen LogP contribution is 2.29. The van der Waals surface area contributed by atoms with Crippen LogP contribution in [0.1, 0.15) is 41.8 Å². The Balaban J connectivity index is 2.02. The summed E-state index contributed by atoms with van der Waals surface area (Å²) in [4.78, 5) is 15.2. The summed E-state index contributed by atoms with van der Waals surface area (Å²) in [7, 11) is -3.60. The maximum absolute atomic E-state index is 13.3. The molecule has 1 heterocycles. The minimum absolute atomic E-state index is 0.142. The smallest absolute Gasteiger partial charge is 0.258 e. The van der Waals surface area contributed by atoms with Gasteiger partial charge >= 0.3 is 0 Å². The van der Waals surface area contributed by atoms with E-state index in [4.69, 9.17) is 0 Å². The van der Waals surface area contributed by atoms with Crippen molar-refractivity contribution in [2.45, 2.75) is 38.5 Å². The van der Waals surface area contributed by atoms with E-state index in [-0.39, 0.29) is 10.8 Å². The maximum Gasteiger partial charge on any atom is 0.258 e. The van der Waals surface area contributed by atoms with Gasteiger partial charge in [0.25, 0.3) is 5.91 Å². The van der Waals surface area contributed by atoms with Crippen molar-refractivity contribution in [1.29, 1.82) is 0 Å². The molecule has 144 valence electrons. The number of amides is 1. The summed E-state index contributed by atoms with van der Waals surface area (Å²) in [5.41, 5.74) is 3.30. The number of rotatable bonds is 5. The van der Waals surface area contributed by atoms with Gasteiger partial charge < -0.3 is 4.90 Å². The SMILES string of the molecule is CCN(CC)S(=O)(=O)c1ccc(C)c(C(=O)N2CCCc3ccccc32)c1. The highest BCUT2D eigenvalue weighted by atomic mass is 32.2. The van der Waals surface area contributed by atoms with Gasteiger partial charge in [0.1, 0.15) is 0 Å². The first-order valence-electron chi connectivity index (χ1n) is 9.40. The predicted octanol–water partition coefficient (Wildman–Crippen LogP) is 3.62. The van der Waals surface area contributed by atoms with Gasteiger partial charge in [-0.1, -0.05) is 38.1 Å². The van der Waals surface area contributed by atoms with E-state index >= 15 is 0 Å². The van der Waals surface area contributed by atoms with Crippen molar-refractivity contribution >= 4 is 21.6 Å². The van der Waals surface area contributed by atoms with E-state index < -0.39 is 10.0 Å². The van der Waals surface area contributed by atoms with Gasteiger partial charge in [0.05, 0.1) is 4.90 Å². The lowest BCUT2D eigenvalue weighted by atomic mass is 10.00. The van der Waals surface area contributed by atoms with Crippen molar-refractivity contribution in [3.8, 4) is 0 Å². The molecule has 0 unspecified atom stereocenters. The number of carbonyl (C=O) groups is 1. The number of benzene rings is 2. The summed E-state index contributed by atoms with van der Waals surface area (Å²) in [6.45, 7) is 6.90. The number of para-hydroxylation sites is 1. The van der Waals surface area contributed by atoms with E-state index in [9.17, 15) is 13.2 Å². The monoisotopic (exact) mass is 386 g/mol. The van der Waals surface area contributed by atoms with Gasteiger partial charge in [-0.3, -0.25) is 4.79 Å². The number of anilines is 1. The number of hydrogen-bond donors (Lipinski definition) is 0. The third-order valence-corrected chi connectivity index (χ3v) is 7.18. The zero-order valence-corrected chi connectivity index (χ0v) is 16.9. The van der Waals surface area contributed by atoms with Gasteiger partial charge in [0, 0.05) is 30.9 Å². The van der Waals surface area contributed by atoms with Gasteiger partial charge in [-0.25, -0.2) is 8.42 Å². The summed E-state index contributed by atoms with van der Waals surface area (Å²) >= 11 is 0. The van der Waals surface area contributed by atoms with E-state index in [1.165, 1.54) is 10.4 Å². The first-order valence-corrected chi connectivity index (χ1v) is 10.8. The van der Waals surface area contributed by atoms with Gasteiger partial charge in [0.2, 0.25) is 10.0 Å². The Hall–Kier alpha value is -2.18. The Morgan fingerprint density at radius 2 is 1.81 bits per heavy atom. The Morgan fingerprint density at radius 3 is 2.52 bits per heavy atom. The summed E-state index contributed by atoms with van der Waals surface area (Å²) in [6.07, 6.45) is 1.86. The van der Waals surface area contributed by atoms with Gasteiger partial charge in [-0.05, 0) is 49.1 Å². The second-order valence-electron chi connectivity index (χ2n) is 6.76. The van der Waals surface area contributed by atoms with Crippen LogP contribution in [-0.2, 0) is 16.4 Å². The number of carbonyl (C=O) groups excluding carboxylic acids is 1. The molecule has 3 rings (SSSR count). The number of sulfonamides is 1. The molecular formula is C21H26N2O3S. The van der Waals surface area contributed by atoms with Crippen molar-refractivity contribution in [3.63, 3.8) is 0 Å². The molecule has 0 radical (unpaired) electrons. The van der Waals surface area contributed by atoms with E-state index in [0.717, 1.165) is 29.7 Å². The minimum Gasteiger partial charge on any atom is -0.308 e. The van der Waals surface area contributed by atoms with E-state index in [1.54, 1.807) is 17.0 Å². The molecular weight excluding hydrogens is 360 g/mol. The van der Waals surface area contributed by atoms with Crippen molar-refractivity contribution in [3.05, 3.63) is 59.2 Å². The Labute approximate surface area is 161 Å². The van der Waals surface area contributed by atoms with E-state index in [2.05, 4.69) is 0 Å². The highest BCUT2D eigenvalue weighted by Gasteiger charge is 2.27. The molecule has 1 aliphatic rings. The molecule has 27 heavy (non-hydrogen) atoms. The van der Waals surface area contributed by atoms with Crippen LogP contribution in [0.5, 0.6) is 0 Å². The van der Waals surface area contributed by atoms with Crippen LogP contribution in [0.15, 0.2) is 47.4 Å². The first-order chi connectivity index (χ1) is 12.9. The molecule has 1 aliphatic heterocycles. The molecule has 1 amide bonds. The molecule has 2 aromatic rings. The molecule has 0 saturated heterocycles. The Bertz CT molecular complexity index is 950. The molecule has 0 N–H and O–H groups in total. The van der Waals surface area contributed by atoms with Crippen LogP contribution in [0, 0.1) is 6.92 Å². The van der Waals surface area contributed by atoms with Gasteiger partial charge in [0.15, 0.2) is 0 Å². The highest BCUT2D eigenvalue weighted by molar-refractivity contribution is 7.89. The Kier molecular flexibility index (Phi) is 5.67. The van der Waals surface area contributed by atoms with Crippen LogP contribution >= 0.6 is 0 Å². The number of nitrogens with zero attached hydrogens (tertiary/aromatic N) is 2. The van der Waals surface area contributed by atoms with Crippen LogP contribution in [0.4, 0.5) is 5.69 Å². The summed E-state index contributed by atoms with van der Waals surface area (Å²) in [6, 6.07) is 12.8. The summed E-state index contributed by atoms with van der Waals surface area (Å²) in [5, 5.41) is 0. The molecule has 0 bridgehead atoms. The van der Waals surface area contributed by atoms with Crippen molar-refractivity contribution in [1.82, 2.24) is 4.31 Å². The van der Waals surface area contributed by atoms with Crippen LogP contribution in [0.2, 0.25) is 0 Å². The molecule has 0 atom stereocenters. The lowest BCUT2D eigenvalue weighted by molar-refractivity contribution is 0.0984. The lowest BCUT2D eigenvalue weighted by Gasteiger charge is -2.30. The quantitative estimate of drug-likeness (QED) is 0.789. The van der Waals surface area contributed by atoms with Crippen molar-refractivity contribution in [2.24, 2.45) is 0 Å². The number of fused-ring (bicyclic) bond motifs is 1. The van der Waals surface area contributed by atoms with Crippen molar-refractivity contribution in [2.75, 3.05) is 24.5 Å². The molecule has 0 aliphatic carbocycles. The number of hydrogen-bond acceptors (Lipinski definition) is 3. The van der Waals surface area contributed by atoms with Crippen LogP contribution in [0.3, 0.4) is 0 Å². The molecule has 2 aromatic carbocycles. The fraction of sp³-hybridized carbons (Fsp3) is 0.381. The molecule has 6 heteroatoms. The predicted molar refractivity (Wildman–Crippen MR) is 108 cm³/mol. The van der Waals surface area contributed by atoms with Gasteiger partial charge in [-0.2, -0.15) is 4.31 Å². The second-order valence-corrected chi connectivity index (χ2v) is 8.69. The fourth-order valence-corrected chi connectivity index (χ4v) is 5.08.